The summed E-state index contributed by atoms with van der Waals surface area (Å²) in [5.41, 5.74) is 1.28. The van der Waals surface area contributed by atoms with Crippen LogP contribution in [0.4, 0.5) is 16.2 Å². The van der Waals surface area contributed by atoms with E-state index in [0.717, 1.165) is 12.8 Å². The number of nitrogens with zero attached hydrogens (tertiary/aromatic N) is 2. The average Bonchev–Trinajstić information content (AvgIpc) is 2.79. The second-order valence-electron chi connectivity index (χ2n) is 6.85. The molecule has 1 aromatic carbocycles. The normalized spacial score (nSPS) is 28.4. The highest BCUT2D eigenvalue weighted by Crippen LogP contribution is 2.37. The van der Waals surface area contributed by atoms with Gasteiger partial charge in [0.1, 0.15) is 5.75 Å². The fraction of sp³-hybridized carbons (Fsp3) is 0.529. The summed E-state index contributed by atoms with van der Waals surface area (Å²) in [4.78, 5) is 27.6. The Morgan fingerprint density at radius 1 is 1.29 bits per heavy atom. The highest BCUT2D eigenvalue weighted by atomic mass is 16.5. The summed E-state index contributed by atoms with van der Waals surface area (Å²) in [5.74, 6) is 0.896. The number of aliphatic hydroxyl groups excluding tert-OH is 1. The fourth-order valence-corrected chi connectivity index (χ4v) is 3.91. The van der Waals surface area contributed by atoms with Crippen molar-refractivity contribution in [1.82, 2.24) is 4.90 Å². The largest absolute Gasteiger partial charge is 0.482 e. The molecule has 24 heavy (non-hydrogen) atoms. The minimum Gasteiger partial charge on any atom is -0.482 e. The van der Waals surface area contributed by atoms with E-state index in [4.69, 9.17) is 4.74 Å². The van der Waals surface area contributed by atoms with Crippen molar-refractivity contribution in [2.24, 2.45) is 11.8 Å². The highest BCUT2D eigenvalue weighted by molar-refractivity contribution is 5.99. The molecule has 2 heterocycles. The Morgan fingerprint density at radius 2 is 2.00 bits per heavy atom. The van der Waals surface area contributed by atoms with Gasteiger partial charge in [-0.25, -0.2) is 4.79 Å². The molecule has 3 aliphatic rings. The van der Waals surface area contributed by atoms with Gasteiger partial charge in [-0.1, -0.05) is 0 Å². The number of rotatable bonds is 1. The van der Waals surface area contributed by atoms with Crippen molar-refractivity contribution < 1.29 is 19.4 Å². The number of ether oxygens (including phenoxy) is 1. The lowest BCUT2D eigenvalue weighted by atomic mass is 9.95. The smallest absolute Gasteiger partial charge is 0.321 e. The van der Waals surface area contributed by atoms with E-state index in [2.05, 4.69) is 5.32 Å². The van der Waals surface area contributed by atoms with Gasteiger partial charge in [0.25, 0.3) is 5.91 Å². The third kappa shape index (κ3) is 2.49. The third-order valence-electron chi connectivity index (χ3n) is 5.37. The number of likely N-dealkylation sites (tertiary alicyclic amines) is 1. The zero-order valence-corrected chi connectivity index (χ0v) is 13.6. The van der Waals surface area contributed by atoms with E-state index in [1.807, 2.05) is 0 Å². The molecule has 0 spiro atoms. The summed E-state index contributed by atoms with van der Waals surface area (Å²) in [5, 5.41) is 13.0. The van der Waals surface area contributed by atoms with Crippen LogP contribution < -0.4 is 15.0 Å². The van der Waals surface area contributed by atoms with E-state index < -0.39 is 0 Å². The summed E-state index contributed by atoms with van der Waals surface area (Å²) in [6.45, 7) is 1.22. The van der Waals surface area contributed by atoms with Gasteiger partial charge in [-0.05, 0) is 31.0 Å². The van der Waals surface area contributed by atoms with Crippen LogP contribution in [0.5, 0.6) is 5.75 Å². The molecule has 0 radical (unpaired) electrons. The van der Waals surface area contributed by atoms with Gasteiger partial charge in [0.05, 0.1) is 11.8 Å². The molecule has 1 unspecified atom stereocenters. The molecule has 0 aromatic heterocycles. The lowest BCUT2D eigenvalue weighted by Gasteiger charge is -2.35. The Balaban J connectivity index is 1.48. The summed E-state index contributed by atoms with van der Waals surface area (Å²) < 4.78 is 5.39. The molecule has 2 aliphatic heterocycles. The van der Waals surface area contributed by atoms with Crippen LogP contribution in [0.25, 0.3) is 0 Å². The van der Waals surface area contributed by atoms with Crippen molar-refractivity contribution >= 4 is 23.3 Å². The van der Waals surface area contributed by atoms with E-state index in [1.165, 1.54) is 4.90 Å². The quantitative estimate of drug-likeness (QED) is 0.812. The molecule has 2 N–H and O–H groups in total. The van der Waals surface area contributed by atoms with Crippen LogP contribution in [0.3, 0.4) is 0 Å². The summed E-state index contributed by atoms with van der Waals surface area (Å²) >= 11 is 0. The van der Waals surface area contributed by atoms with Crippen LogP contribution in [0.1, 0.15) is 12.8 Å². The van der Waals surface area contributed by atoms with Crippen LogP contribution in [0, 0.1) is 11.8 Å². The zero-order chi connectivity index (χ0) is 16.8. The van der Waals surface area contributed by atoms with Gasteiger partial charge in [0.15, 0.2) is 6.61 Å². The number of nitrogens with one attached hydrogen (secondary N) is 1. The molecule has 1 saturated carbocycles. The molecule has 1 aliphatic carbocycles. The molecule has 7 nitrogen and oxygen atoms in total. The zero-order valence-electron chi connectivity index (χ0n) is 13.6. The maximum atomic E-state index is 12.5. The molecule has 1 aromatic rings. The Hall–Kier alpha value is -2.28. The Morgan fingerprint density at radius 3 is 2.71 bits per heavy atom. The molecule has 3 atom stereocenters. The van der Waals surface area contributed by atoms with Crippen LogP contribution in [-0.2, 0) is 4.79 Å². The van der Waals surface area contributed by atoms with Crippen molar-refractivity contribution in [2.75, 3.05) is 37.0 Å². The van der Waals surface area contributed by atoms with E-state index >= 15 is 0 Å². The van der Waals surface area contributed by atoms with E-state index in [-0.39, 0.29) is 36.5 Å². The first kappa shape index (κ1) is 15.3. The minimum absolute atomic E-state index is 0.0358. The van der Waals surface area contributed by atoms with E-state index in [0.29, 0.717) is 30.2 Å². The monoisotopic (exact) mass is 331 g/mol. The third-order valence-corrected chi connectivity index (χ3v) is 5.37. The number of hydrogen-bond donors (Lipinski definition) is 2. The summed E-state index contributed by atoms with van der Waals surface area (Å²) in [6, 6.07) is 5.12. The second-order valence-corrected chi connectivity index (χ2v) is 6.85. The molecule has 1 saturated heterocycles. The average molecular weight is 331 g/mol. The van der Waals surface area contributed by atoms with Crippen molar-refractivity contribution in [1.29, 1.82) is 0 Å². The fourth-order valence-electron chi connectivity index (χ4n) is 3.91. The number of carbonyl (C=O) groups is 2. The predicted octanol–water partition coefficient (Wildman–Crippen LogP) is 1.28. The topological polar surface area (TPSA) is 82.1 Å². The van der Waals surface area contributed by atoms with Gasteiger partial charge in [0.2, 0.25) is 0 Å². The van der Waals surface area contributed by atoms with Crippen LogP contribution >= 0.6 is 0 Å². The number of anilines is 2. The van der Waals surface area contributed by atoms with Crippen LogP contribution in [-0.4, -0.2) is 54.8 Å². The van der Waals surface area contributed by atoms with E-state index in [1.54, 1.807) is 30.1 Å². The number of urea groups is 1. The van der Waals surface area contributed by atoms with Gasteiger partial charge >= 0.3 is 6.03 Å². The van der Waals surface area contributed by atoms with Crippen LogP contribution in [0.2, 0.25) is 0 Å². The standard InChI is InChI=1S/C17H21N3O4/c1-19-13-6-12(4-5-14(13)24-9-15(19)21)18-17(23)20-7-10-2-3-11(8-20)16(10)22/h4-6,10-11,16,22H,2-3,7-9H2,1H3,(H,18,23)/t10-,11+,16?. The van der Waals surface area contributed by atoms with Crippen molar-refractivity contribution in [3.8, 4) is 5.75 Å². The number of hydrogen-bond acceptors (Lipinski definition) is 4. The van der Waals surface area contributed by atoms with Crippen molar-refractivity contribution in [2.45, 2.75) is 18.9 Å². The maximum Gasteiger partial charge on any atom is 0.321 e. The van der Waals surface area contributed by atoms with Gasteiger partial charge < -0.3 is 25.0 Å². The lowest BCUT2D eigenvalue weighted by Crippen LogP contribution is -2.48. The second kappa shape index (κ2) is 5.66. The predicted molar refractivity (Wildman–Crippen MR) is 88.2 cm³/mol. The first-order valence-electron chi connectivity index (χ1n) is 8.30. The number of likely N-dealkylation sites (N-methyl/N-ethyl adjacent to an activating group) is 1. The number of aliphatic hydroxyl groups is 1. The Bertz CT molecular complexity index is 678. The molecule has 2 bridgehead atoms. The van der Waals surface area contributed by atoms with Crippen molar-refractivity contribution in [3.63, 3.8) is 0 Å². The number of piperidine rings is 1. The van der Waals surface area contributed by atoms with Gasteiger partial charge in [0, 0.05) is 37.7 Å². The van der Waals surface area contributed by atoms with Crippen molar-refractivity contribution in [3.05, 3.63) is 18.2 Å². The molecule has 3 amide bonds. The number of carbonyl (C=O) groups excluding carboxylic acids is 2. The SMILES string of the molecule is CN1C(=O)COc2ccc(NC(=O)N3C[C@H]4CC[C@@H](C3)C4O)cc21. The number of fused-ring (bicyclic) bond motifs is 3. The van der Waals surface area contributed by atoms with Crippen LogP contribution in [0.15, 0.2) is 18.2 Å². The molecule has 7 heteroatoms. The molecule has 4 rings (SSSR count). The maximum absolute atomic E-state index is 12.5. The summed E-state index contributed by atoms with van der Waals surface area (Å²) in [7, 11) is 1.69. The van der Waals surface area contributed by atoms with Gasteiger partial charge in [-0.15, -0.1) is 0 Å². The number of benzene rings is 1. The van der Waals surface area contributed by atoms with Gasteiger partial charge in [-0.3, -0.25) is 4.79 Å². The highest BCUT2D eigenvalue weighted by Gasteiger charge is 2.42. The summed E-state index contributed by atoms with van der Waals surface area (Å²) in [6.07, 6.45) is 1.70. The Labute approximate surface area is 140 Å². The molecule has 2 fully saturated rings. The van der Waals surface area contributed by atoms with E-state index in [9.17, 15) is 14.7 Å². The van der Waals surface area contributed by atoms with Gasteiger partial charge in [-0.2, -0.15) is 0 Å². The molecular formula is C17H21N3O4. The molecular weight excluding hydrogens is 310 g/mol. The first-order valence-corrected chi connectivity index (χ1v) is 8.30. The Kier molecular flexibility index (Phi) is 3.60. The molecule has 128 valence electrons. The number of amides is 3. The lowest BCUT2D eigenvalue weighted by molar-refractivity contribution is -0.120. The minimum atomic E-state index is -0.269. The first-order chi connectivity index (χ1) is 11.5.